The molecule has 2 saturated carbocycles. The van der Waals surface area contributed by atoms with Gasteiger partial charge in [0.05, 0.1) is 4.48 Å². The molecule has 2 aliphatic carbocycles. The second kappa shape index (κ2) is 4.31. The molecule has 112 valence electrons. The predicted octanol–water partition coefficient (Wildman–Crippen LogP) is 3.42. The summed E-state index contributed by atoms with van der Waals surface area (Å²) in [6.07, 6.45) is 1.75. The second-order valence-corrected chi connectivity index (χ2v) is 8.44. The molecule has 0 amide bonds. The van der Waals surface area contributed by atoms with Crippen molar-refractivity contribution in [3.63, 3.8) is 0 Å². The summed E-state index contributed by atoms with van der Waals surface area (Å²) in [4.78, 5) is 11.5. The number of carbonyl (C=O) groups excluding carboxylic acids is 1. The quantitative estimate of drug-likeness (QED) is 0.560. The third-order valence-electron chi connectivity index (χ3n) is 5.93. The van der Waals surface area contributed by atoms with E-state index in [2.05, 4.69) is 52.6 Å². The molecule has 4 atom stereocenters. The number of ether oxygens (including phenoxy) is 2. The van der Waals surface area contributed by atoms with Gasteiger partial charge in [0.1, 0.15) is 4.48 Å². The molecular weight excluding hydrogens is 392 g/mol. The average molecular weight is 410 g/mol. The molecular formula is C14H18Br2O4. The third-order valence-corrected chi connectivity index (χ3v) is 7.99. The maximum atomic E-state index is 11.5. The number of hydrogen-bond acceptors (Lipinski definition) is 4. The number of cyclic esters (lactones) is 1. The minimum Gasteiger partial charge on any atom is -0.427 e. The van der Waals surface area contributed by atoms with Gasteiger partial charge in [0.25, 0.3) is 0 Å². The van der Waals surface area contributed by atoms with Crippen molar-refractivity contribution >= 4 is 37.8 Å². The lowest BCUT2D eigenvalue weighted by molar-refractivity contribution is -0.316. The van der Waals surface area contributed by atoms with Gasteiger partial charge in [-0.3, -0.25) is 0 Å². The van der Waals surface area contributed by atoms with Gasteiger partial charge in [-0.15, -0.1) is 0 Å². The molecule has 4 unspecified atom stereocenters. The van der Waals surface area contributed by atoms with Crippen LogP contribution in [0.25, 0.3) is 0 Å². The zero-order valence-corrected chi connectivity index (χ0v) is 14.9. The normalized spacial score (nSPS) is 46.2. The summed E-state index contributed by atoms with van der Waals surface area (Å²) >= 11 is 6.44. The van der Waals surface area contributed by atoms with Gasteiger partial charge in [-0.25, -0.2) is 4.79 Å². The van der Waals surface area contributed by atoms with Gasteiger partial charge in [0.15, 0.2) is 5.79 Å². The Labute approximate surface area is 135 Å². The molecule has 0 radical (unpaired) electrons. The fourth-order valence-corrected chi connectivity index (χ4v) is 4.67. The monoisotopic (exact) mass is 408 g/mol. The molecule has 0 saturated heterocycles. The molecule has 1 N–H and O–H groups in total. The topological polar surface area (TPSA) is 55.8 Å². The van der Waals surface area contributed by atoms with Crippen LogP contribution in [0.15, 0.2) is 8.96 Å². The van der Waals surface area contributed by atoms with Crippen molar-refractivity contribution in [2.75, 3.05) is 0 Å². The number of esters is 1. The fraction of sp³-hybridized carbons (Fsp3) is 0.786. The lowest BCUT2D eigenvalue weighted by Gasteiger charge is -2.45. The molecule has 0 aromatic heterocycles. The zero-order valence-electron chi connectivity index (χ0n) is 11.7. The van der Waals surface area contributed by atoms with Crippen molar-refractivity contribution in [2.45, 2.75) is 52.1 Å². The molecule has 1 heterocycles. The largest absolute Gasteiger partial charge is 0.427 e. The molecule has 4 nitrogen and oxygen atoms in total. The fourth-order valence-electron chi connectivity index (χ4n) is 4.04. The van der Waals surface area contributed by atoms with Crippen molar-refractivity contribution in [3.05, 3.63) is 8.96 Å². The minimum absolute atomic E-state index is 0.0117. The van der Waals surface area contributed by atoms with E-state index in [1.165, 1.54) is 0 Å². The SMILES string of the molecule is CC1(C)C2CCC1(C)C(O)(OC1OC(=O)C(Br)=C1Br)C2. The Morgan fingerprint density at radius 3 is 2.40 bits per heavy atom. The Kier molecular flexibility index (Phi) is 3.23. The number of rotatable bonds is 2. The highest BCUT2D eigenvalue weighted by Crippen LogP contribution is 2.70. The van der Waals surface area contributed by atoms with E-state index in [-0.39, 0.29) is 10.8 Å². The standard InChI is InChI=1S/C14H18Br2O4/c1-12(2)7-4-5-13(12,3)14(18,6-7)20-11-9(16)8(15)10(17)19-11/h7,11,18H,4-6H2,1-3H3. The van der Waals surface area contributed by atoms with Crippen LogP contribution in [0.2, 0.25) is 0 Å². The van der Waals surface area contributed by atoms with Crippen LogP contribution < -0.4 is 0 Å². The van der Waals surface area contributed by atoms with Gasteiger partial charge >= 0.3 is 5.97 Å². The third kappa shape index (κ3) is 1.68. The van der Waals surface area contributed by atoms with Gasteiger partial charge in [-0.05, 0) is 56.0 Å². The van der Waals surface area contributed by atoms with Gasteiger partial charge in [0.2, 0.25) is 6.29 Å². The van der Waals surface area contributed by atoms with Crippen molar-refractivity contribution in [1.29, 1.82) is 0 Å². The molecule has 3 aliphatic rings. The van der Waals surface area contributed by atoms with Gasteiger partial charge in [-0.2, -0.15) is 0 Å². The molecule has 20 heavy (non-hydrogen) atoms. The summed E-state index contributed by atoms with van der Waals surface area (Å²) < 4.78 is 11.8. The summed E-state index contributed by atoms with van der Waals surface area (Å²) in [5.74, 6) is -1.31. The molecule has 1 aliphatic heterocycles. The Bertz CT molecular complexity index is 515. The number of aliphatic hydroxyl groups is 1. The number of hydrogen-bond donors (Lipinski definition) is 1. The van der Waals surface area contributed by atoms with Crippen LogP contribution in [0.1, 0.15) is 40.0 Å². The first-order valence-electron chi connectivity index (χ1n) is 6.79. The van der Waals surface area contributed by atoms with Crippen LogP contribution in [0.5, 0.6) is 0 Å². The predicted molar refractivity (Wildman–Crippen MR) is 80.0 cm³/mol. The molecule has 2 fully saturated rings. The van der Waals surface area contributed by atoms with E-state index in [1.54, 1.807) is 0 Å². The van der Waals surface area contributed by atoms with Crippen LogP contribution in [-0.4, -0.2) is 23.2 Å². The van der Waals surface area contributed by atoms with E-state index in [4.69, 9.17) is 9.47 Å². The average Bonchev–Trinajstić information content (AvgIpc) is 2.78. The highest BCUT2D eigenvalue weighted by molar-refractivity contribution is 9.14. The van der Waals surface area contributed by atoms with E-state index in [0.717, 1.165) is 12.8 Å². The zero-order chi connectivity index (χ0) is 14.9. The first-order valence-corrected chi connectivity index (χ1v) is 8.37. The summed E-state index contributed by atoms with van der Waals surface area (Å²) in [7, 11) is 0. The molecule has 2 bridgehead atoms. The second-order valence-electron chi connectivity index (χ2n) is 6.79. The van der Waals surface area contributed by atoms with Crippen LogP contribution in [0, 0.1) is 16.7 Å². The first kappa shape index (κ1) is 15.0. The van der Waals surface area contributed by atoms with Crippen molar-refractivity contribution < 1.29 is 19.4 Å². The Balaban J connectivity index is 1.88. The van der Waals surface area contributed by atoms with E-state index in [0.29, 0.717) is 21.3 Å². The van der Waals surface area contributed by atoms with E-state index in [1.807, 2.05) is 0 Å². The number of halogens is 2. The first-order chi connectivity index (χ1) is 9.12. The lowest BCUT2D eigenvalue weighted by Crippen LogP contribution is -2.51. The van der Waals surface area contributed by atoms with Gasteiger partial charge in [0, 0.05) is 11.8 Å². The Morgan fingerprint density at radius 2 is 2.00 bits per heavy atom. The van der Waals surface area contributed by atoms with E-state index in [9.17, 15) is 9.90 Å². The molecule has 0 aromatic carbocycles. The van der Waals surface area contributed by atoms with Gasteiger partial charge < -0.3 is 14.6 Å². The van der Waals surface area contributed by atoms with Crippen LogP contribution in [0.4, 0.5) is 0 Å². The van der Waals surface area contributed by atoms with E-state index < -0.39 is 18.0 Å². The van der Waals surface area contributed by atoms with Crippen LogP contribution in [-0.2, 0) is 14.3 Å². The molecule has 0 aromatic rings. The molecule has 0 spiro atoms. The van der Waals surface area contributed by atoms with Crippen LogP contribution >= 0.6 is 31.9 Å². The summed E-state index contributed by atoms with van der Waals surface area (Å²) in [6, 6.07) is 0. The lowest BCUT2D eigenvalue weighted by atomic mass is 9.68. The number of fused-ring (bicyclic) bond motifs is 2. The van der Waals surface area contributed by atoms with Crippen molar-refractivity contribution in [2.24, 2.45) is 16.7 Å². The maximum Gasteiger partial charge on any atom is 0.348 e. The Morgan fingerprint density at radius 1 is 1.35 bits per heavy atom. The molecule has 6 heteroatoms. The maximum absolute atomic E-state index is 11.5. The number of carbonyl (C=O) groups is 1. The summed E-state index contributed by atoms with van der Waals surface area (Å²) in [6.45, 7) is 6.45. The highest BCUT2D eigenvalue weighted by Gasteiger charge is 2.70. The minimum atomic E-state index is -1.26. The smallest absolute Gasteiger partial charge is 0.348 e. The van der Waals surface area contributed by atoms with Crippen LogP contribution in [0.3, 0.4) is 0 Å². The van der Waals surface area contributed by atoms with Crippen molar-refractivity contribution in [1.82, 2.24) is 0 Å². The summed E-state index contributed by atoms with van der Waals surface area (Å²) in [5, 5.41) is 11.1. The highest BCUT2D eigenvalue weighted by atomic mass is 79.9. The Hall–Kier alpha value is 0.0900. The van der Waals surface area contributed by atoms with E-state index >= 15 is 0 Å². The molecule has 3 rings (SSSR count). The summed E-state index contributed by atoms with van der Waals surface area (Å²) in [5.41, 5.74) is -0.322. The van der Waals surface area contributed by atoms with Gasteiger partial charge in [-0.1, -0.05) is 20.8 Å². The van der Waals surface area contributed by atoms with Crippen molar-refractivity contribution in [3.8, 4) is 0 Å².